The summed E-state index contributed by atoms with van der Waals surface area (Å²) < 4.78 is 0.660. The molecule has 1 aromatic rings. The van der Waals surface area contributed by atoms with E-state index >= 15 is 0 Å². The highest BCUT2D eigenvalue weighted by Gasteiger charge is 2.21. The maximum atomic E-state index is 12.0. The third-order valence-electron chi connectivity index (χ3n) is 2.72. The fourth-order valence-electron chi connectivity index (χ4n) is 1.58. The number of carboxylic acid groups (broad SMARTS) is 1. The van der Waals surface area contributed by atoms with Gasteiger partial charge >= 0.3 is 5.97 Å². The van der Waals surface area contributed by atoms with Gasteiger partial charge < -0.3 is 15.5 Å². The number of nitrogens with one attached hydrogen (secondary N) is 1. The number of carboxylic acids is 1. The molecule has 1 amide bonds. The first kappa shape index (κ1) is 15.5. The van der Waals surface area contributed by atoms with Crippen LogP contribution in [0.4, 0.5) is 0 Å². The largest absolute Gasteiger partial charge is 0.507 e. The highest BCUT2D eigenvalue weighted by molar-refractivity contribution is 9.10. The summed E-state index contributed by atoms with van der Waals surface area (Å²) in [6.07, 6.45) is -0.152. The summed E-state index contributed by atoms with van der Waals surface area (Å²) in [5, 5.41) is 21.1. The van der Waals surface area contributed by atoms with Gasteiger partial charge in [0.15, 0.2) is 0 Å². The molecule has 1 aromatic carbocycles. The van der Waals surface area contributed by atoms with Crippen LogP contribution in [-0.4, -0.2) is 28.1 Å². The number of phenols is 1. The van der Waals surface area contributed by atoms with Crippen molar-refractivity contribution < 1.29 is 19.8 Å². The Hall–Kier alpha value is -1.56. The maximum Gasteiger partial charge on any atom is 0.305 e. The number of hydrogen-bond donors (Lipinski definition) is 3. The predicted octanol–water partition coefficient (Wildman–Crippen LogP) is 2.38. The van der Waals surface area contributed by atoms with Crippen molar-refractivity contribution in [1.82, 2.24) is 5.32 Å². The lowest BCUT2D eigenvalue weighted by molar-refractivity contribution is -0.137. The monoisotopic (exact) mass is 329 g/mol. The van der Waals surface area contributed by atoms with Crippen molar-refractivity contribution in [2.45, 2.75) is 26.3 Å². The fourth-order valence-corrected chi connectivity index (χ4v) is 1.93. The lowest BCUT2D eigenvalue weighted by Crippen LogP contribution is -2.40. The van der Waals surface area contributed by atoms with E-state index in [0.29, 0.717) is 4.47 Å². The number of halogens is 1. The normalized spacial score (nSPS) is 12.2. The number of benzene rings is 1. The van der Waals surface area contributed by atoms with Gasteiger partial charge in [-0.15, -0.1) is 0 Å². The van der Waals surface area contributed by atoms with Gasteiger partial charge in [-0.25, -0.2) is 0 Å². The molecule has 0 aromatic heterocycles. The van der Waals surface area contributed by atoms with E-state index in [2.05, 4.69) is 21.2 Å². The molecular formula is C13H16BrNO4. The summed E-state index contributed by atoms with van der Waals surface area (Å²) in [7, 11) is 0. The van der Waals surface area contributed by atoms with E-state index in [-0.39, 0.29) is 23.7 Å². The molecule has 0 saturated heterocycles. The highest BCUT2D eigenvalue weighted by atomic mass is 79.9. The fraction of sp³-hybridized carbons (Fsp3) is 0.385. The minimum Gasteiger partial charge on any atom is -0.507 e. The maximum absolute atomic E-state index is 12.0. The Bertz CT molecular complexity index is 488. The van der Waals surface area contributed by atoms with Crippen molar-refractivity contribution in [1.29, 1.82) is 0 Å². The van der Waals surface area contributed by atoms with E-state index in [9.17, 15) is 14.7 Å². The Morgan fingerprint density at radius 3 is 2.47 bits per heavy atom. The van der Waals surface area contributed by atoms with E-state index in [4.69, 9.17) is 5.11 Å². The van der Waals surface area contributed by atoms with Crippen LogP contribution in [0.1, 0.15) is 30.6 Å². The van der Waals surface area contributed by atoms with Gasteiger partial charge in [-0.3, -0.25) is 9.59 Å². The number of aliphatic carboxylic acids is 1. The van der Waals surface area contributed by atoms with Gasteiger partial charge in [0.2, 0.25) is 0 Å². The smallest absolute Gasteiger partial charge is 0.305 e. The molecule has 0 bridgehead atoms. The third kappa shape index (κ3) is 4.55. The third-order valence-corrected chi connectivity index (χ3v) is 3.21. The number of rotatable bonds is 5. The van der Waals surface area contributed by atoms with E-state index in [1.54, 1.807) is 6.07 Å². The number of aromatic hydroxyl groups is 1. The van der Waals surface area contributed by atoms with Crippen LogP contribution in [0.25, 0.3) is 0 Å². The van der Waals surface area contributed by atoms with Crippen molar-refractivity contribution in [2.75, 3.05) is 0 Å². The van der Waals surface area contributed by atoms with Gasteiger partial charge in [-0.05, 0) is 24.1 Å². The predicted molar refractivity (Wildman–Crippen MR) is 74.2 cm³/mol. The Morgan fingerprint density at radius 1 is 1.37 bits per heavy atom. The minimum atomic E-state index is -0.973. The van der Waals surface area contributed by atoms with Crippen LogP contribution >= 0.6 is 15.9 Å². The van der Waals surface area contributed by atoms with Crippen LogP contribution in [0.2, 0.25) is 0 Å². The summed E-state index contributed by atoms with van der Waals surface area (Å²) in [5.41, 5.74) is 0.124. The molecule has 0 fully saturated rings. The number of phenolic OH excluding ortho intramolecular Hbond substituents is 1. The van der Waals surface area contributed by atoms with Crippen LogP contribution in [0.5, 0.6) is 5.75 Å². The molecule has 0 aliphatic carbocycles. The average molecular weight is 330 g/mol. The summed E-state index contributed by atoms with van der Waals surface area (Å²) in [5.74, 6) is -1.62. The lowest BCUT2D eigenvalue weighted by atomic mass is 10.0. The first-order valence-electron chi connectivity index (χ1n) is 5.82. The molecule has 6 heteroatoms. The molecule has 19 heavy (non-hydrogen) atoms. The topological polar surface area (TPSA) is 86.6 Å². The zero-order valence-electron chi connectivity index (χ0n) is 10.7. The Kier molecular flexibility index (Phi) is 5.35. The molecule has 3 N–H and O–H groups in total. The van der Waals surface area contributed by atoms with Gasteiger partial charge in [0, 0.05) is 10.5 Å². The second-order valence-electron chi connectivity index (χ2n) is 4.58. The van der Waals surface area contributed by atoms with Gasteiger partial charge in [0.05, 0.1) is 12.0 Å². The van der Waals surface area contributed by atoms with Crippen molar-refractivity contribution in [3.05, 3.63) is 28.2 Å². The zero-order valence-corrected chi connectivity index (χ0v) is 12.3. The second kappa shape index (κ2) is 6.56. The summed E-state index contributed by atoms with van der Waals surface area (Å²) in [6.45, 7) is 3.66. The Labute approximate surface area is 119 Å². The molecule has 0 heterocycles. The summed E-state index contributed by atoms with van der Waals surface area (Å²) >= 11 is 3.18. The van der Waals surface area contributed by atoms with Gasteiger partial charge in [-0.2, -0.15) is 0 Å². The number of hydrogen-bond acceptors (Lipinski definition) is 3. The number of amides is 1. The zero-order chi connectivity index (χ0) is 14.6. The van der Waals surface area contributed by atoms with E-state index in [0.717, 1.165) is 0 Å². The highest BCUT2D eigenvalue weighted by Crippen LogP contribution is 2.22. The molecule has 1 unspecified atom stereocenters. The van der Waals surface area contributed by atoms with Crippen LogP contribution in [0, 0.1) is 5.92 Å². The second-order valence-corrected chi connectivity index (χ2v) is 5.50. The van der Waals surface area contributed by atoms with Crippen molar-refractivity contribution >= 4 is 27.8 Å². The van der Waals surface area contributed by atoms with E-state index in [1.165, 1.54) is 12.1 Å². The van der Waals surface area contributed by atoms with E-state index in [1.807, 2.05) is 13.8 Å². The minimum absolute atomic E-state index is 0.0161. The number of carbonyl (C=O) groups is 2. The van der Waals surface area contributed by atoms with E-state index < -0.39 is 17.9 Å². The van der Waals surface area contributed by atoms with Gasteiger partial charge in [0.1, 0.15) is 5.75 Å². The Morgan fingerprint density at radius 2 is 2.00 bits per heavy atom. The molecule has 5 nitrogen and oxygen atoms in total. The van der Waals surface area contributed by atoms with Crippen LogP contribution in [0.15, 0.2) is 22.7 Å². The van der Waals surface area contributed by atoms with Gasteiger partial charge in [-0.1, -0.05) is 29.8 Å². The number of carbonyl (C=O) groups excluding carboxylic acids is 1. The molecule has 1 atom stereocenters. The lowest BCUT2D eigenvalue weighted by Gasteiger charge is -2.20. The first-order chi connectivity index (χ1) is 8.81. The SMILES string of the molecule is CC(C)C(CC(=O)O)NC(=O)c1ccc(Br)cc1O. The molecule has 0 aliphatic heterocycles. The quantitative estimate of drug-likeness (QED) is 0.774. The standard InChI is InChI=1S/C13H16BrNO4/c1-7(2)10(6-12(17)18)15-13(19)9-4-3-8(14)5-11(9)16/h3-5,7,10,16H,6H2,1-2H3,(H,15,19)(H,17,18). The molecule has 0 aliphatic rings. The molecule has 1 rings (SSSR count). The van der Waals surface area contributed by atoms with Gasteiger partial charge in [0.25, 0.3) is 5.91 Å². The summed E-state index contributed by atoms with van der Waals surface area (Å²) in [6, 6.07) is 4.05. The van der Waals surface area contributed by atoms with Crippen molar-refractivity contribution in [3.8, 4) is 5.75 Å². The first-order valence-corrected chi connectivity index (χ1v) is 6.61. The molecular weight excluding hydrogens is 314 g/mol. The molecule has 0 saturated carbocycles. The molecule has 104 valence electrons. The summed E-state index contributed by atoms with van der Waals surface area (Å²) in [4.78, 5) is 22.7. The Balaban J connectivity index is 2.84. The van der Waals surface area contributed by atoms with Crippen molar-refractivity contribution in [3.63, 3.8) is 0 Å². The van der Waals surface area contributed by atoms with Crippen LogP contribution in [-0.2, 0) is 4.79 Å². The molecule has 0 radical (unpaired) electrons. The molecule has 0 spiro atoms. The van der Waals surface area contributed by atoms with Crippen LogP contribution in [0.3, 0.4) is 0 Å². The van der Waals surface area contributed by atoms with Crippen LogP contribution < -0.4 is 5.32 Å². The van der Waals surface area contributed by atoms with Crippen molar-refractivity contribution in [2.24, 2.45) is 5.92 Å². The average Bonchev–Trinajstić information content (AvgIpc) is 2.26.